The maximum atomic E-state index is 12.4. The third-order valence-corrected chi connectivity index (χ3v) is 5.05. The number of amides is 2. The first-order chi connectivity index (χ1) is 12.7. The Kier molecular flexibility index (Phi) is 4.71. The second-order valence-corrected chi connectivity index (χ2v) is 6.81. The van der Waals surface area contributed by atoms with Gasteiger partial charge in [-0.15, -0.1) is 0 Å². The van der Waals surface area contributed by atoms with Gasteiger partial charge in [-0.05, 0) is 30.5 Å². The van der Waals surface area contributed by atoms with Gasteiger partial charge in [0, 0.05) is 56.0 Å². The average molecular weight is 353 g/mol. The van der Waals surface area contributed by atoms with Crippen molar-refractivity contribution in [3.8, 4) is 0 Å². The van der Waals surface area contributed by atoms with Crippen molar-refractivity contribution in [2.24, 2.45) is 0 Å². The van der Waals surface area contributed by atoms with E-state index in [0.29, 0.717) is 25.2 Å². The van der Waals surface area contributed by atoms with Crippen molar-refractivity contribution in [3.63, 3.8) is 0 Å². The lowest BCUT2D eigenvalue weighted by Gasteiger charge is -2.26. The molecule has 4 rings (SSSR count). The zero-order chi connectivity index (χ0) is 17.9. The molecule has 2 aliphatic heterocycles. The molecule has 2 aliphatic rings. The van der Waals surface area contributed by atoms with Crippen molar-refractivity contribution >= 4 is 17.5 Å². The van der Waals surface area contributed by atoms with Crippen LogP contribution in [0.4, 0.5) is 5.69 Å². The largest absolute Gasteiger partial charge is 0.347 e. The normalized spacial score (nSPS) is 17.1. The van der Waals surface area contributed by atoms with Crippen LogP contribution >= 0.6 is 0 Å². The Bertz CT molecular complexity index is 812. The molecular formula is C19H23N5O2. The fourth-order valence-electron chi connectivity index (χ4n) is 3.55. The van der Waals surface area contributed by atoms with E-state index in [9.17, 15) is 9.59 Å². The number of carbonyl (C=O) groups is 2. The van der Waals surface area contributed by atoms with Crippen LogP contribution in [0.3, 0.4) is 0 Å². The summed E-state index contributed by atoms with van der Waals surface area (Å²) in [5.41, 5.74) is 4.41. The van der Waals surface area contributed by atoms with Crippen molar-refractivity contribution in [1.29, 1.82) is 0 Å². The van der Waals surface area contributed by atoms with E-state index < -0.39 is 0 Å². The highest BCUT2D eigenvalue weighted by Crippen LogP contribution is 2.21. The Morgan fingerprint density at radius 1 is 1.19 bits per heavy atom. The number of nitrogens with one attached hydrogen (secondary N) is 3. The van der Waals surface area contributed by atoms with Crippen molar-refractivity contribution < 1.29 is 9.59 Å². The zero-order valence-corrected chi connectivity index (χ0v) is 14.7. The number of nitrogens with zero attached hydrogens (tertiary/aromatic N) is 2. The van der Waals surface area contributed by atoms with Crippen LogP contribution in [0.5, 0.6) is 0 Å². The maximum Gasteiger partial charge on any atom is 0.272 e. The second-order valence-electron chi connectivity index (χ2n) is 6.81. The molecule has 1 aromatic heterocycles. The summed E-state index contributed by atoms with van der Waals surface area (Å²) in [7, 11) is 0. The summed E-state index contributed by atoms with van der Waals surface area (Å²) in [5, 5.41) is 13.3. The van der Waals surface area contributed by atoms with Gasteiger partial charge >= 0.3 is 0 Å². The molecule has 0 saturated carbocycles. The lowest BCUT2D eigenvalue weighted by molar-refractivity contribution is -0.119. The molecule has 26 heavy (non-hydrogen) atoms. The number of H-pyrrole nitrogens is 1. The summed E-state index contributed by atoms with van der Waals surface area (Å²) in [6, 6.07) is 7.81. The van der Waals surface area contributed by atoms with Gasteiger partial charge in [-0.25, -0.2) is 0 Å². The molecule has 3 N–H and O–H groups in total. The van der Waals surface area contributed by atoms with Gasteiger partial charge in [-0.1, -0.05) is 12.1 Å². The summed E-state index contributed by atoms with van der Waals surface area (Å²) in [5.74, 6) is 0.0238. The standard InChI is InChI=1S/C19H23N5O2/c25-17-3-1-2-10-24(17)14-6-4-13(5-7-14)11-21-19(26)18-15-12-20-9-8-16(15)22-23-18/h4-7,20H,1-3,8-12H2,(H,21,26)(H,22,23). The SMILES string of the molecule is O=C(NCc1ccc(N2CCCCC2=O)cc1)c1n[nH]c2c1CNCC2. The maximum absolute atomic E-state index is 12.4. The Morgan fingerprint density at radius 2 is 2.04 bits per heavy atom. The second kappa shape index (κ2) is 7.29. The molecule has 0 spiro atoms. The van der Waals surface area contributed by atoms with Crippen LogP contribution in [0, 0.1) is 0 Å². The Hall–Kier alpha value is -2.67. The number of carbonyl (C=O) groups excluding carboxylic acids is 2. The molecule has 7 nitrogen and oxygen atoms in total. The summed E-state index contributed by atoms with van der Waals surface area (Å²) in [4.78, 5) is 26.3. The van der Waals surface area contributed by atoms with E-state index in [1.807, 2.05) is 29.2 Å². The number of hydrogen-bond donors (Lipinski definition) is 3. The topological polar surface area (TPSA) is 90.1 Å². The fourth-order valence-corrected chi connectivity index (χ4v) is 3.55. The first-order valence-electron chi connectivity index (χ1n) is 9.17. The lowest BCUT2D eigenvalue weighted by atomic mass is 10.1. The minimum atomic E-state index is -0.165. The molecule has 1 fully saturated rings. The van der Waals surface area contributed by atoms with Gasteiger partial charge in [0.25, 0.3) is 5.91 Å². The highest BCUT2D eigenvalue weighted by atomic mass is 16.2. The molecule has 3 heterocycles. The van der Waals surface area contributed by atoms with Gasteiger partial charge in [-0.3, -0.25) is 14.7 Å². The molecule has 1 aromatic carbocycles. The Labute approximate surface area is 152 Å². The molecule has 1 saturated heterocycles. The van der Waals surface area contributed by atoms with Gasteiger partial charge in [0.15, 0.2) is 5.69 Å². The van der Waals surface area contributed by atoms with Crippen LogP contribution in [0.2, 0.25) is 0 Å². The molecule has 0 radical (unpaired) electrons. The Morgan fingerprint density at radius 3 is 2.85 bits per heavy atom. The van der Waals surface area contributed by atoms with E-state index in [1.54, 1.807) is 0 Å². The van der Waals surface area contributed by atoms with Gasteiger partial charge in [0.1, 0.15) is 0 Å². The van der Waals surface area contributed by atoms with Crippen LogP contribution in [0.25, 0.3) is 0 Å². The van der Waals surface area contributed by atoms with Crippen LogP contribution in [-0.2, 0) is 24.3 Å². The number of fused-ring (bicyclic) bond motifs is 1. The summed E-state index contributed by atoms with van der Waals surface area (Å²) in [6.07, 6.45) is 3.52. The minimum Gasteiger partial charge on any atom is -0.347 e. The van der Waals surface area contributed by atoms with Crippen LogP contribution in [-0.4, -0.2) is 35.1 Å². The first-order valence-corrected chi connectivity index (χ1v) is 9.17. The van der Waals surface area contributed by atoms with Crippen molar-refractivity contribution in [2.75, 3.05) is 18.0 Å². The predicted octanol–water partition coefficient (Wildman–Crippen LogP) is 1.50. The number of aromatic nitrogens is 2. The molecular weight excluding hydrogens is 330 g/mol. The highest BCUT2D eigenvalue weighted by Gasteiger charge is 2.22. The van der Waals surface area contributed by atoms with E-state index in [2.05, 4.69) is 20.8 Å². The van der Waals surface area contributed by atoms with E-state index >= 15 is 0 Å². The minimum absolute atomic E-state index is 0.165. The third-order valence-electron chi connectivity index (χ3n) is 5.05. The molecule has 0 unspecified atom stereocenters. The number of aromatic amines is 1. The first kappa shape index (κ1) is 16.8. The third kappa shape index (κ3) is 3.35. The number of piperidine rings is 1. The van der Waals surface area contributed by atoms with Gasteiger partial charge in [-0.2, -0.15) is 5.10 Å². The molecule has 7 heteroatoms. The molecule has 0 bridgehead atoms. The van der Waals surface area contributed by atoms with Crippen molar-refractivity contribution in [3.05, 3.63) is 46.8 Å². The van der Waals surface area contributed by atoms with Crippen LogP contribution in [0.1, 0.15) is 46.6 Å². The summed E-state index contributed by atoms with van der Waals surface area (Å²) >= 11 is 0. The quantitative estimate of drug-likeness (QED) is 0.777. The smallest absolute Gasteiger partial charge is 0.272 e. The molecule has 2 amide bonds. The monoisotopic (exact) mass is 353 g/mol. The van der Waals surface area contributed by atoms with Crippen LogP contribution < -0.4 is 15.5 Å². The van der Waals surface area contributed by atoms with E-state index in [-0.39, 0.29) is 11.8 Å². The molecule has 136 valence electrons. The van der Waals surface area contributed by atoms with E-state index in [4.69, 9.17) is 0 Å². The number of benzene rings is 1. The van der Waals surface area contributed by atoms with Gasteiger partial charge in [0.05, 0.1) is 0 Å². The van der Waals surface area contributed by atoms with E-state index in [0.717, 1.165) is 54.9 Å². The fraction of sp³-hybridized carbons (Fsp3) is 0.421. The van der Waals surface area contributed by atoms with Crippen LogP contribution in [0.15, 0.2) is 24.3 Å². The number of hydrogen-bond acceptors (Lipinski definition) is 4. The molecule has 0 atom stereocenters. The highest BCUT2D eigenvalue weighted by molar-refractivity contribution is 5.94. The zero-order valence-electron chi connectivity index (χ0n) is 14.7. The predicted molar refractivity (Wildman–Crippen MR) is 97.8 cm³/mol. The van der Waals surface area contributed by atoms with Gasteiger partial charge < -0.3 is 15.5 Å². The van der Waals surface area contributed by atoms with E-state index in [1.165, 1.54) is 0 Å². The van der Waals surface area contributed by atoms with Crippen molar-refractivity contribution in [2.45, 2.75) is 38.8 Å². The summed E-state index contributed by atoms with van der Waals surface area (Å²) in [6.45, 7) is 2.80. The lowest BCUT2D eigenvalue weighted by Crippen LogP contribution is -2.35. The van der Waals surface area contributed by atoms with Gasteiger partial charge in [0.2, 0.25) is 5.91 Å². The number of rotatable bonds is 4. The average Bonchev–Trinajstić information content (AvgIpc) is 3.11. The molecule has 2 aromatic rings. The Balaban J connectivity index is 1.38. The number of anilines is 1. The molecule has 0 aliphatic carbocycles. The van der Waals surface area contributed by atoms with Crippen molar-refractivity contribution in [1.82, 2.24) is 20.8 Å². The summed E-state index contributed by atoms with van der Waals surface area (Å²) < 4.78 is 0.